The summed E-state index contributed by atoms with van der Waals surface area (Å²) < 4.78 is 6.33. The van der Waals surface area contributed by atoms with Crippen LogP contribution in [0.3, 0.4) is 0 Å². The summed E-state index contributed by atoms with van der Waals surface area (Å²) in [6.07, 6.45) is 2.97. The topological polar surface area (TPSA) is 68.0 Å². The molecule has 88 valence electrons. The molecule has 1 amide bonds. The van der Waals surface area contributed by atoms with Crippen molar-refractivity contribution in [2.24, 2.45) is 0 Å². The van der Waals surface area contributed by atoms with Crippen molar-refractivity contribution >= 4 is 43.6 Å². The monoisotopic (exact) mass is 359 g/mol. The molecule has 2 heterocycles. The summed E-state index contributed by atoms with van der Waals surface area (Å²) in [6.45, 7) is 1.67. The number of hydrogen-bond donors (Lipinski definition) is 1. The van der Waals surface area contributed by atoms with Crippen molar-refractivity contribution in [2.45, 2.75) is 6.92 Å². The molecule has 0 saturated carbocycles. The number of rotatable bonds is 2. The molecule has 0 saturated heterocycles. The number of anilines is 1. The quantitative estimate of drug-likeness (QED) is 0.893. The summed E-state index contributed by atoms with van der Waals surface area (Å²) in [4.78, 5) is 15.9. The van der Waals surface area contributed by atoms with Crippen LogP contribution in [0.2, 0.25) is 0 Å². The number of pyridine rings is 1. The van der Waals surface area contributed by atoms with E-state index >= 15 is 0 Å². The van der Waals surface area contributed by atoms with Crippen molar-refractivity contribution in [2.75, 3.05) is 5.32 Å². The van der Waals surface area contributed by atoms with Gasteiger partial charge in [0.2, 0.25) is 0 Å². The van der Waals surface area contributed by atoms with Crippen LogP contribution >= 0.6 is 31.9 Å². The Bertz CT molecular complexity index is 568. The van der Waals surface area contributed by atoms with Gasteiger partial charge >= 0.3 is 0 Å². The highest BCUT2D eigenvalue weighted by atomic mass is 79.9. The maximum Gasteiger partial charge on any atom is 0.262 e. The van der Waals surface area contributed by atoms with Crippen LogP contribution < -0.4 is 5.32 Å². The molecule has 0 aliphatic rings. The second kappa shape index (κ2) is 4.97. The molecule has 0 bridgehead atoms. The Hall–Kier alpha value is -1.21. The van der Waals surface area contributed by atoms with E-state index < -0.39 is 0 Å². The van der Waals surface area contributed by atoms with Crippen LogP contribution in [0.1, 0.15) is 16.1 Å². The van der Waals surface area contributed by atoms with Gasteiger partial charge in [0.25, 0.3) is 5.91 Å². The fraction of sp³-hybridized carbons (Fsp3) is 0.100. The average Bonchev–Trinajstić information content (AvgIpc) is 2.68. The Morgan fingerprint density at radius 1 is 1.41 bits per heavy atom. The van der Waals surface area contributed by atoms with Crippen molar-refractivity contribution in [3.63, 3.8) is 0 Å². The van der Waals surface area contributed by atoms with Gasteiger partial charge in [0.1, 0.15) is 17.1 Å². The molecule has 0 fully saturated rings. The number of amides is 1. The molecule has 2 aromatic heterocycles. The van der Waals surface area contributed by atoms with Crippen LogP contribution in [0.25, 0.3) is 0 Å². The molecule has 0 atom stereocenters. The molecule has 1 N–H and O–H groups in total. The van der Waals surface area contributed by atoms with Gasteiger partial charge < -0.3 is 9.84 Å². The highest BCUT2D eigenvalue weighted by molar-refractivity contribution is 9.11. The van der Waals surface area contributed by atoms with E-state index in [1.165, 1.54) is 6.20 Å². The largest absolute Gasteiger partial charge is 0.361 e. The first-order chi connectivity index (χ1) is 8.08. The van der Waals surface area contributed by atoms with Crippen molar-refractivity contribution in [1.82, 2.24) is 10.1 Å². The molecular weight excluding hydrogens is 354 g/mol. The standard InChI is InChI=1S/C10H7Br2N3O2/c1-5-7(4-14-17-5)10(16)15-9-8(12)2-6(11)3-13-9/h2-4H,1H3,(H,13,15,16). The van der Waals surface area contributed by atoms with E-state index in [9.17, 15) is 4.79 Å². The van der Waals surface area contributed by atoms with Gasteiger partial charge in [-0.3, -0.25) is 4.79 Å². The second-order valence-corrected chi connectivity index (χ2v) is 5.00. The third-order valence-electron chi connectivity index (χ3n) is 2.04. The number of nitrogens with zero attached hydrogens (tertiary/aromatic N) is 2. The molecule has 0 aliphatic heterocycles. The molecule has 2 rings (SSSR count). The number of halogens is 2. The summed E-state index contributed by atoms with van der Waals surface area (Å²) in [5.74, 6) is 0.605. The molecule has 2 aromatic rings. The summed E-state index contributed by atoms with van der Waals surface area (Å²) in [7, 11) is 0. The average molecular weight is 361 g/mol. The number of carbonyl (C=O) groups excluding carboxylic acids is 1. The summed E-state index contributed by atoms with van der Waals surface area (Å²) >= 11 is 6.59. The molecule has 0 spiro atoms. The molecule has 0 aliphatic carbocycles. The molecule has 0 radical (unpaired) electrons. The molecule has 0 unspecified atom stereocenters. The Kier molecular flexibility index (Phi) is 3.58. The summed E-state index contributed by atoms with van der Waals surface area (Å²) in [5.41, 5.74) is 0.390. The van der Waals surface area contributed by atoms with E-state index in [1.54, 1.807) is 19.2 Å². The maximum absolute atomic E-state index is 11.8. The third kappa shape index (κ3) is 2.73. The van der Waals surface area contributed by atoms with E-state index in [0.717, 1.165) is 4.47 Å². The van der Waals surface area contributed by atoms with E-state index in [1.807, 2.05) is 0 Å². The Morgan fingerprint density at radius 3 is 2.76 bits per heavy atom. The van der Waals surface area contributed by atoms with Gasteiger partial charge in [-0.1, -0.05) is 5.16 Å². The van der Waals surface area contributed by atoms with Gasteiger partial charge in [0.05, 0.1) is 10.7 Å². The van der Waals surface area contributed by atoms with Crippen molar-refractivity contribution in [1.29, 1.82) is 0 Å². The Morgan fingerprint density at radius 2 is 2.18 bits per heavy atom. The van der Waals surface area contributed by atoms with Gasteiger partial charge in [0.15, 0.2) is 0 Å². The Balaban J connectivity index is 2.22. The lowest BCUT2D eigenvalue weighted by molar-refractivity contribution is 0.102. The van der Waals surface area contributed by atoms with Crippen LogP contribution in [-0.4, -0.2) is 16.0 Å². The smallest absolute Gasteiger partial charge is 0.262 e. The van der Waals surface area contributed by atoms with Crippen LogP contribution in [0.4, 0.5) is 5.82 Å². The summed E-state index contributed by atoms with van der Waals surface area (Å²) in [6, 6.07) is 1.79. The van der Waals surface area contributed by atoms with Crippen molar-refractivity contribution in [3.05, 3.63) is 38.7 Å². The lowest BCUT2D eigenvalue weighted by Crippen LogP contribution is -2.13. The zero-order valence-corrected chi connectivity index (χ0v) is 11.9. The molecule has 0 aromatic carbocycles. The third-order valence-corrected chi connectivity index (χ3v) is 3.07. The zero-order valence-electron chi connectivity index (χ0n) is 8.70. The first kappa shape index (κ1) is 12.3. The van der Waals surface area contributed by atoms with Crippen molar-refractivity contribution in [3.8, 4) is 0 Å². The first-order valence-corrected chi connectivity index (χ1v) is 6.20. The van der Waals surface area contributed by atoms with Crippen molar-refractivity contribution < 1.29 is 9.32 Å². The predicted molar refractivity (Wildman–Crippen MR) is 68.8 cm³/mol. The van der Waals surface area contributed by atoms with Gasteiger partial charge in [-0.2, -0.15) is 0 Å². The summed E-state index contributed by atoms with van der Waals surface area (Å²) in [5, 5.41) is 6.21. The predicted octanol–water partition coefficient (Wildman–Crippen LogP) is 3.16. The first-order valence-electron chi connectivity index (χ1n) is 4.61. The minimum atomic E-state index is -0.306. The normalized spacial score (nSPS) is 10.3. The van der Waals surface area contributed by atoms with Gasteiger partial charge in [0, 0.05) is 10.7 Å². The van der Waals surface area contributed by atoms with E-state index in [4.69, 9.17) is 4.52 Å². The number of nitrogens with one attached hydrogen (secondary N) is 1. The lowest BCUT2D eigenvalue weighted by Gasteiger charge is -2.05. The fourth-order valence-corrected chi connectivity index (χ4v) is 2.28. The van der Waals surface area contributed by atoms with Gasteiger partial charge in [-0.15, -0.1) is 0 Å². The molecule has 7 heteroatoms. The van der Waals surface area contributed by atoms with E-state index in [2.05, 4.69) is 47.3 Å². The molecule has 5 nitrogen and oxygen atoms in total. The minimum absolute atomic E-state index is 0.306. The number of aryl methyl sites for hydroxylation is 1. The van der Waals surface area contributed by atoms with E-state index in [0.29, 0.717) is 21.6 Å². The lowest BCUT2D eigenvalue weighted by atomic mass is 10.2. The van der Waals surface area contributed by atoms with Crippen LogP contribution in [-0.2, 0) is 0 Å². The number of hydrogen-bond acceptors (Lipinski definition) is 4. The SMILES string of the molecule is Cc1oncc1C(=O)Nc1ncc(Br)cc1Br. The second-order valence-electron chi connectivity index (χ2n) is 3.23. The Labute approximate surface area is 114 Å². The molecule has 17 heavy (non-hydrogen) atoms. The van der Waals surface area contributed by atoms with Crippen LogP contribution in [0.15, 0.2) is 31.9 Å². The van der Waals surface area contributed by atoms with Crippen LogP contribution in [0.5, 0.6) is 0 Å². The highest BCUT2D eigenvalue weighted by Crippen LogP contribution is 2.24. The minimum Gasteiger partial charge on any atom is -0.361 e. The maximum atomic E-state index is 11.8. The van der Waals surface area contributed by atoms with Gasteiger partial charge in [-0.05, 0) is 44.8 Å². The van der Waals surface area contributed by atoms with E-state index in [-0.39, 0.29) is 5.91 Å². The fourth-order valence-electron chi connectivity index (χ4n) is 1.20. The van der Waals surface area contributed by atoms with Crippen LogP contribution in [0, 0.1) is 6.92 Å². The number of aromatic nitrogens is 2. The van der Waals surface area contributed by atoms with Gasteiger partial charge in [-0.25, -0.2) is 4.98 Å². The molecular formula is C10H7Br2N3O2. The number of carbonyl (C=O) groups is 1. The highest BCUT2D eigenvalue weighted by Gasteiger charge is 2.14. The zero-order chi connectivity index (χ0) is 12.4.